The summed E-state index contributed by atoms with van der Waals surface area (Å²) >= 11 is 4.71. The first-order valence-electron chi connectivity index (χ1n) is 15.8. The first-order valence-corrected chi connectivity index (χ1v) is 19.4. The molecule has 270 valence electrons. The fraction of sp³-hybridized carbons (Fsp3) is 0.171. The van der Waals surface area contributed by atoms with Crippen LogP contribution in [0.5, 0.6) is 0 Å². The van der Waals surface area contributed by atoms with Crippen molar-refractivity contribution < 1.29 is 33.1 Å². The van der Waals surface area contributed by atoms with Crippen LogP contribution in [0.15, 0.2) is 124 Å². The maximum Gasteiger partial charge on any atom is 0.407 e. The zero-order valence-electron chi connectivity index (χ0n) is 27.2. The van der Waals surface area contributed by atoms with E-state index in [1.165, 1.54) is 28.9 Å². The Balaban J connectivity index is 1.16. The number of nitrogens with one attached hydrogen (secondary N) is 2. The molecule has 0 bridgehead atoms. The van der Waals surface area contributed by atoms with Crippen LogP contribution in [0.3, 0.4) is 0 Å². The second-order valence-electron chi connectivity index (χ2n) is 11.5. The number of carbonyl (C=O) groups is 3. The van der Waals surface area contributed by atoms with Crippen LogP contribution < -0.4 is 10.6 Å². The van der Waals surface area contributed by atoms with Crippen LogP contribution in [-0.4, -0.2) is 76.8 Å². The molecule has 3 aromatic carbocycles. The number of nitrogens with zero attached hydrogens (tertiary/aromatic N) is 5. The lowest BCUT2D eigenvalue weighted by Crippen LogP contribution is -2.71. The van der Waals surface area contributed by atoms with Crippen molar-refractivity contribution in [1.29, 1.82) is 0 Å². The molecule has 0 aliphatic carbocycles. The highest BCUT2D eigenvalue weighted by Crippen LogP contribution is 2.43. The molecule has 2 aliphatic rings. The van der Waals surface area contributed by atoms with Gasteiger partial charge in [-0.25, -0.2) is 9.78 Å². The van der Waals surface area contributed by atoms with Crippen molar-refractivity contribution in [3.63, 3.8) is 0 Å². The molecule has 1 saturated heterocycles. The molecule has 0 radical (unpaired) electrons. The molecular weight excluding hydrogens is 765 g/mol. The van der Waals surface area contributed by atoms with Gasteiger partial charge in [0.2, 0.25) is 0 Å². The Morgan fingerprint density at radius 2 is 1.64 bits per heavy atom. The summed E-state index contributed by atoms with van der Waals surface area (Å²) < 4.78 is 34.6. The number of carbonyl (C=O) groups excluding carboxylic acids is 2. The molecule has 18 heteroatoms. The molecule has 2 aliphatic heterocycles. The molecule has 53 heavy (non-hydrogen) atoms. The first kappa shape index (κ1) is 36.2. The topological polar surface area (TPSA) is 159 Å². The monoisotopic (exact) mass is 791 g/mol. The van der Waals surface area contributed by atoms with Crippen molar-refractivity contribution >= 4 is 75.2 Å². The summed E-state index contributed by atoms with van der Waals surface area (Å²) in [4.78, 5) is 49.3. The zero-order chi connectivity index (χ0) is 37.0. The van der Waals surface area contributed by atoms with E-state index in [0.29, 0.717) is 15.7 Å². The number of thioether (sulfide) groups is 2. The zero-order valence-corrected chi connectivity index (χ0v) is 30.4. The fourth-order valence-corrected chi connectivity index (χ4v) is 9.68. The lowest BCUT2D eigenvalue weighted by atomic mass is 9.77. The predicted octanol–water partition coefficient (Wildman–Crippen LogP) is 5.87. The van der Waals surface area contributed by atoms with E-state index in [1.54, 1.807) is 6.20 Å². The number of aromatic nitrogens is 3. The van der Waals surface area contributed by atoms with Gasteiger partial charge in [-0.3, -0.25) is 14.5 Å². The molecule has 1 fully saturated rings. The molecule has 7 rings (SSSR count). The Kier molecular flexibility index (Phi) is 10.8. The van der Waals surface area contributed by atoms with Crippen molar-refractivity contribution in [3.8, 4) is 0 Å². The first-order chi connectivity index (χ1) is 25.8. The van der Waals surface area contributed by atoms with Gasteiger partial charge < -0.3 is 20.6 Å². The van der Waals surface area contributed by atoms with Gasteiger partial charge in [-0.05, 0) is 22.3 Å². The highest BCUT2D eigenvalue weighted by atomic mass is 32.2. The quantitative estimate of drug-likeness (QED) is 0.0406. The summed E-state index contributed by atoms with van der Waals surface area (Å²) in [6.07, 6.45) is 1.57. The molecule has 0 spiro atoms. The van der Waals surface area contributed by atoms with E-state index >= 15 is 0 Å². The van der Waals surface area contributed by atoms with Crippen LogP contribution in [-0.2, 0) is 24.8 Å². The van der Waals surface area contributed by atoms with Crippen LogP contribution in [0.1, 0.15) is 22.4 Å². The van der Waals surface area contributed by atoms with Crippen LogP contribution in [0.4, 0.5) is 13.9 Å². The second kappa shape index (κ2) is 15.8. The largest absolute Gasteiger partial charge is 0.477 e. The molecule has 1 unspecified atom stereocenters. The smallest absolute Gasteiger partial charge is 0.407 e. The highest BCUT2D eigenvalue weighted by molar-refractivity contribution is 8.01. The summed E-state index contributed by atoms with van der Waals surface area (Å²) in [6, 6.07) is 28.0. The van der Waals surface area contributed by atoms with Gasteiger partial charge in [-0.15, -0.1) is 23.1 Å². The second-order valence-corrected chi connectivity index (χ2v) is 15.0. The maximum absolute atomic E-state index is 13.7. The lowest BCUT2D eigenvalue weighted by molar-refractivity contribution is -0.150. The summed E-state index contributed by atoms with van der Waals surface area (Å²) in [5, 5.41) is 21.3. The average molecular weight is 792 g/mol. The minimum Gasteiger partial charge on any atom is -0.477 e. The number of β-lactam (4-membered cyclic amide) rings is 1. The molecule has 2 amide bonds. The number of halogens is 2. The van der Waals surface area contributed by atoms with Crippen LogP contribution in [0.25, 0.3) is 0 Å². The van der Waals surface area contributed by atoms with Crippen LogP contribution in [0, 0.1) is 0 Å². The highest BCUT2D eigenvalue weighted by Gasteiger charge is 2.54. The third-order valence-electron chi connectivity index (χ3n) is 8.37. The minimum absolute atomic E-state index is 0.0828. The van der Waals surface area contributed by atoms with Crippen molar-refractivity contribution in [1.82, 2.24) is 23.9 Å². The third-order valence-corrected chi connectivity index (χ3v) is 12.0. The molecular formula is C35H27F2N7O5S4. The number of thiazole rings is 1. The number of carboxylic acid groups (broad SMARTS) is 1. The van der Waals surface area contributed by atoms with E-state index < -0.39 is 47.1 Å². The number of benzene rings is 3. The Morgan fingerprint density at radius 1 is 1.02 bits per heavy atom. The number of hydrogen-bond donors (Lipinski definition) is 3. The Morgan fingerprint density at radius 3 is 2.19 bits per heavy atom. The lowest BCUT2D eigenvalue weighted by Gasteiger charge is -2.49. The number of alkyl halides is 2. The number of carboxylic acids is 1. The number of hydrogen-bond acceptors (Lipinski definition) is 13. The molecule has 2 aromatic heterocycles. The SMILES string of the molecule is O=C(O)C1=C(CSc2cnsn2)CS[C@@H]2C(NC(=O)C(=NOC(F)F)c3csc(NC(c4ccccc4)(c4ccccc4)c4ccccc4)n3)C(=O)N12. The van der Waals surface area contributed by atoms with E-state index in [9.17, 15) is 28.3 Å². The Labute approximate surface area is 317 Å². The normalized spacial score (nSPS) is 17.3. The number of aliphatic carboxylic acids is 1. The van der Waals surface area contributed by atoms with Gasteiger partial charge in [0, 0.05) is 16.9 Å². The van der Waals surface area contributed by atoms with E-state index in [4.69, 9.17) is 0 Å². The fourth-order valence-electron chi connectivity index (χ4n) is 6.06. The molecule has 2 atom stereocenters. The molecule has 4 heterocycles. The van der Waals surface area contributed by atoms with Crippen LogP contribution in [0.2, 0.25) is 0 Å². The number of anilines is 1. The molecule has 5 aromatic rings. The van der Waals surface area contributed by atoms with Crippen molar-refractivity contribution in [2.75, 3.05) is 16.8 Å². The van der Waals surface area contributed by atoms with Gasteiger partial charge >= 0.3 is 12.6 Å². The number of fused-ring (bicyclic) bond motifs is 1. The number of oxime groups is 1. The van der Waals surface area contributed by atoms with Gasteiger partial charge in [0.1, 0.15) is 33.4 Å². The summed E-state index contributed by atoms with van der Waals surface area (Å²) in [6.45, 7) is -3.34. The van der Waals surface area contributed by atoms with Gasteiger partial charge in [0.25, 0.3) is 11.8 Å². The summed E-state index contributed by atoms with van der Waals surface area (Å²) in [5.41, 5.74) is 1.37. The van der Waals surface area contributed by atoms with Crippen molar-refractivity contribution in [3.05, 3.63) is 136 Å². The van der Waals surface area contributed by atoms with Crippen molar-refractivity contribution in [2.45, 2.75) is 28.6 Å². The Hall–Kier alpha value is -5.17. The van der Waals surface area contributed by atoms with E-state index in [0.717, 1.165) is 44.7 Å². The Bertz CT molecular complexity index is 2060. The van der Waals surface area contributed by atoms with Gasteiger partial charge in [-0.1, -0.05) is 108 Å². The number of rotatable bonds is 14. The van der Waals surface area contributed by atoms with Gasteiger partial charge in [-0.2, -0.15) is 17.5 Å². The molecule has 0 saturated carbocycles. The van der Waals surface area contributed by atoms with E-state index in [1.807, 2.05) is 91.0 Å². The summed E-state index contributed by atoms with van der Waals surface area (Å²) in [7, 11) is 0. The average Bonchev–Trinajstić information content (AvgIpc) is 3.88. The summed E-state index contributed by atoms with van der Waals surface area (Å²) in [5.74, 6) is -2.41. The molecule has 12 nitrogen and oxygen atoms in total. The van der Waals surface area contributed by atoms with Crippen LogP contribution >= 0.6 is 46.6 Å². The molecule has 3 N–H and O–H groups in total. The standard InChI is InChI=1S/C35H27F2N7O5S4/c36-33(37)49-42-26(29(45)40-27-30(46)44-28(32(47)48)20(18-51-31(27)44)17-50-25-16-38-53-43-25)24-19-52-34(39-24)41-35(21-10-4-1-5-11-21,22-12-6-2-7-13-22)23-14-8-3-9-15-23/h1-16,19,27,31,33H,17-18H2,(H,39,41)(H,40,45)(H,47,48)/t27?,31-/m1/s1. The third kappa shape index (κ3) is 7.39. The number of amides is 2. The van der Waals surface area contributed by atoms with Crippen molar-refractivity contribution in [2.24, 2.45) is 5.16 Å². The minimum atomic E-state index is -3.34. The van der Waals surface area contributed by atoms with Gasteiger partial charge in [0.05, 0.1) is 17.9 Å². The maximum atomic E-state index is 13.7. The van der Waals surface area contributed by atoms with E-state index in [-0.39, 0.29) is 22.9 Å². The predicted molar refractivity (Wildman–Crippen MR) is 199 cm³/mol. The van der Waals surface area contributed by atoms with Gasteiger partial charge in [0.15, 0.2) is 10.8 Å². The van der Waals surface area contributed by atoms with E-state index in [2.05, 4.69) is 34.4 Å².